The Morgan fingerprint density at radius 2 is 1.88 bits per heavy atom. The molecule has 2 aromatic rings. The largest absolute Gasteiger partial charge is 0.484 e. The lowest BCUT2D eigenvalue weighted by Gasteiger charge is -2.09. The van der Waals surface area contributed by atoms with E-state index >= 15 is 0 Å². The van der Waals surface area contributed by atoms with E-state index in [1.54, 1.807) is 6.07 Å². The van der Waals surface area contributed by atoms with Crippen LogP contribution in [0.15, 0.2) is 51.8 Å². The van der Waals surface area contributed by atoms with Gasteiger partial charge >= 0.3 is 0 Å². The Labute approximate surface area is 159 Å². The average molecular weight is 445 g/mol. The fraction of sp³-hybridized carbons (Fsp3) is 0.235. The summed E-state index contributed by atoms with van der Waals surface area (Å²) in [5, 5.41) is 2.40. The van der Waals surface area contributed by atoms with Crippen LogP contribution in [-0.2, 0) is 14.8 Å². The van der Waals surface area contributed by atoms with Gasteiger partial charge in [0.25, 0.3) is 5.91 Å². The molecule has 0 unspecified atom stereocenters. The lowest BCUT2D eigenvalue weighted by atomic mass is 10.3. The number of nitrogens with one attached hydrogen (secondary N) is 2. The summed E-state index contributed by atoms with van der Waals surface area (Å²) in [4.78, 5) is 12.0. The summed E-state index contributed by atoms with van der Waals surface area (Å²) in [7, 11) is -3.55. The van der Waals surface area contributed by atoms with Gasteiger partial charge in [0, 0.05) is 11.0 Å². The molecular formula is C17H18BrFN2O4S. The molecule has 2 rings (SSSR count). The second kappa shape index (κ2) is 9.11. The van der Waals surface area contributed by atoms with Gasteiger partial charge in [-0.2, -0.15) is 0 Å². The third-order valence-corrected chi connectivity index (χ3v) is 5.22. The molecule has 0 saturated carbocycles. The zero-order chi connectivity index (χ0) is 19.2. The first-order chi connectivity index (χ1) is 12.3. The van der Waals surface area contributed by atoms with Gasteiger partial charge in [-0.3, -0.25) is 4.79 Å². The van der Waals surface area contributed by atoms with Gasteiger partial charge in [0.05, 0.1) is 10.6 Å². The van der Waals surface area contributed by atoms with E-state index in [-0.39, 0.29) is 17.2 Å². The van der Waals surface area contributed by atoms with Crippen LogP contribution in [0, 0.1) is 5.82 Å². The molecule has 26 heavy (non-hydrogen) atoms. The first-order valence-electron chi connectivity index (χ1n) is 7.79. The second-order valence-electron chi connectivity index (χ2n) is 5.33. The number of benzene rings is 2. The molecule has 0 heterocycles. The Morgan fingerprint density at radius 3 is 2.50 bits per heavy atom. The van der Waals surface area contributed by atoms with Crippen LogP contribution in [0.25, 0.3) is 0 Å². The predicted molar refractivity (Wildman–Crippen MR) is 100 cm³/mol. The highest BCUT2D eigenvalue weighted by molar-refractivity contribution is 9.10. The van der Waals surface area contributed by atoms with Gasteiger partial charge in [-0.25, -0.2) is 17.5 Å². The lowest BCUT2D eigenvalue weighted by molar-refractivity contribution is -0.118. The zero-order valence-electron chi connectivity index (χ0n) is 14.0. The molecule has 0 aromatic heterocycles. The van der Waals surface area contributed by atoms with Crippen molar-refractivity contribution in [2.45, 2.75) is 18.2 Å². The summed E-state index contributed by atoms with van der Waals surface area (Å²) in [5.74, 6) is -0.778. The third-order valence-electron chi connectivity index (χ3n) is 3.25. The fourth-order valence-electron chi connectivity index (χ4n) is 1.96. The smallest absolute Gasteiger partial charge is 0.262 e. The highest BCUT2D eigenvalue weighted by Crippen LogP contribution is 2.19. The SMILES string of the molecule is CCCNS(=O)(=O)c1ccc(OCC(=O)Nc2ccc(Br)cc2F)cc1. The normalized spacial score (nSPS) is 11.2. The summed E-state index contributed by atoms with van der Waals surface area (Å²) in [6.45, 7) is 1.88. The Balaban J connectivity index is 1.92. The van der Waals surface area contributed by atoms with Crippen LogP contribution >= 0.6 is 15.9 Å². The number of anilines is 1. The molecule has 0 radical (unpaired) electrons. The van der Waals surface area contributed by atoms with Crippen molar-refractivity contribution in [1.82, 2.24) is 4.72 Å². The summed E-state index contributed by atoms with van der Waals surface area (Å²) in [6.07, 6.45) is 0.689. The number of rotatable bonds is 8. The minimum absolute atomic E-state index is 0.0465. The Hall–Kier alpha value is -1.97. The number of amides is 1. The molecule has 6 nitrogen and oxygen atoms in total. The van der Waals surface area contributed by atoms with Crippen LogP contribution in [0.4, 0.5) is 10.1 Å². The summed E-state index contributed by atoms with van der Waals surface area (Å²) in [5.41, 5.74) is 0.0465. The molecule has 0 fully saturated rings. The monoisotopic (exact) mass is 444 g/mol. The van der Waals surface area contributed by atoms with E-state index < -0.39 is 21.7 Å². The zero-order valence-corrected chi connectivity index (χ0v) is 16.4. The maximum atomic E-state index is 13.7. The molecule has 0 bridgehead atoms. The van der Waals surface area contributed by atoms with Crippen LogP contribution in [0.1, 0.15) is 13.3 Å². The van der Waals surface area contributed by atoms with Crippen molar-refractivity contribution < 1.29 is 22.3 Å². The molecule has 0 aliphatic carbocycles. The van der Waals surface area contributed by atoms with Crippen LogP contribution in [-0.4, -0.2) is 27.5 Å². The minimum Gasteiger partial charge on any atom is -0.484 e. The molecule has 140 valence electrons. The first kappa shape index (κ1) is 20.3. The number of hydrogen-bond acceptors (Lipinski definition) is 4. The molecule has 0 aliphatic heterocycles. The lowest BCUT2D eigenvalue weighted by Crippen LogP contribution is -2.24. The highest BCUT2D eigenvalue weighted by atomic mass is 79.9. The Morgan fingerprint density at radius 1 is 1.19 bits per heavy atom. The Kier molecular flexibility index (Phi) is 7.13. The first-order valence-corrected chi connectivity index (χ1v) is 10.1. The van der Waals surface area contributed by atoms with Gasteiger partial charge in [0.1, 0.15) is 11.6 Å². The van der Waals surface area contributed by atoms with Gasteiger partial charge in [0.15, 0.2) is 6.61 Å². The standard InChI is InChI=1S/C17H18BrFN2O4S/c1-2-9-20-26(23,24)14-6-4-13(5-7-14)25-11-17(22)21-16-8-3-12(18)10-15(16)19/h3-8,10,20H,2,9,11H2,1H3,(H,21,22). The van der Waals surface area contributed by atoms with Crippen molar-refractivity contribution in [2.24, 2.45) is 0 Å². The van der Waals surface area contributed by atoms with Crippen LogP contribution in [0.5, 0.6) is 5.75 Å². The third kappa shape index (κ3) is 5.79. The summed E-state index contributed by atoms with van der Waals surface area (Å²) in [6, 6.07) is 9.95. The van der Waals surface area contributed by atoms with Crippen LogP contribution in [0.3, 0.4) is 0 Å². The topological polar surface area (TPSA) is 84.5 Å². The quantitative estimate of drug-likeness (QED) is 0.653. The molecule has 0 saturated heterocycles. The van der Waals surface area contributed by atoms with Gasteiger partial charge in [-0.1, -0.05) is 22.9 Å². The van der Waals surface area contributed by atoms with E-state index in [0.717, 1.165) is 0 Å². The number of ether oxygens (including phenoxy) is 1. The van der Waals surface area contributed by atoms with Crippen molar-refractivity contribution in [2.75, 3.05) is 18.5 Å². The average Bonchev–Trinajstić information content (AvgIpc) is 2.61. The minimum atomic E-state index is -3.55. The van der Waals surface area contributed by atoms with Gasteiger partial charge < -0.3 is 10.1 Å². The molecule has 0 atom stereocenters. The van der Waals surface area contributed by atoms with Crippen LogP contribution in [0.2, 0.25) is 0 Å². The van der Waals surface area contributed by atoms with Gasteiger partial charge in [-0.15, -0.1) is 0 Å². The molecule has 9 heteroatoms. The van der Waals surface area contributed by atoms with Crippen molar-refractivity contribution in [1.29, 1.82) is 0 Å². The van der Waals surface area contributed by atoms with Crippen molar-refractivity contribution >= 4 is 37.5 Å². The molecule has 1 amide bonds. The molecule has 0 aliphatic rings. The van der Waals surface area contributed by atoms with E-state index in [1.165, 1.54) is 36.4 Å². The van der Waals surface area contributed by atoms with E-state index in [2.05, 4.69) is 26.0 Å². The predicted octanol–water partition coefficient (Wildman–Crippen LogP) is 3.29. The summed E-state index contributed by atoms with van der Waals surface area (Å²) >= 11 is 3.13. The number of sulfonamides is 1. The number of carbonyl (C=O) groups is 1. The van der Waals surface area contributed by atoms with Crippen molar-refractivity contribution in [3.8, 4) is 5.75 Å². The van der Waals surface area contributed by atoms with E-state index in [0.29, 0.717) is 23.2 Å². The van der Waals surface area contributed by atoms with Gasteiger partial charge in [-0.05, 0) is 48.9 Å². The molecule has 2 N–H and O–H groups in total. The van der Waals surface area contributed by atoms with E-state index in [1.807, 2.05) is 6.92 Å². The maximum Gasteiger partial charge on any atom is 0.262 e. The molecule has 0 spiro atoms. The molecule has 2 aromatic carbocycles. The van der Waals surface area contributed by atoms with Crippen molar-refractivity contribution in [3.05, 3.63) is 52.8 Å². The number of carbonyl (C=O) groups excluding carboxylic acids is 1. The van der Waals surface area contributed by atoms with Crippen molar-refractivity contribution in [3.63, 3.8) is 0 Å². The maximum absolute atomic E-state index is 13.7. The highest BCUT2D eigenvalue weighted by Gasteiger charge is 2.13. The second-order valence-corrected chi connectivity index (χ2v) is 8.01. The summed E-state index contributed by atoms with van der Waals surface area (Å²) < 4.78 is 45.9. The van der Waals surface area contributed by atoms with Crippen LogP contribution < -0.4 is 14.8 Å². The Bertz CT molecular complexity index is 873. The fourth-order valence-corrected chi connectivity index (χ4v) is 3.43. The number of halogens is 2. The van der Waals surface area contributed by atoms with Gasteiger partial charge in [0.2, 0.25) is 10.0 Å². The van der Waals surface area contributed by atoms with E-state index in [4.69, 9.17) is 4.74 Å². The number of hydrogen-bond donors (Lipinski definition) is 2. The van der Waals surface area contributed by atoms with E-state index in [9.17, 15) is 17.6 Å². The molecular weight excluding hydrogens is 427 g/mol.